The molecular formula is C16H12N2OS. The third-order valence-electron chi connectivity index (χ3n) is 3.11. The summed E-state index contributed by atoms with van der Waals surface area (Å²) in [6, 6.07) is 16.9. The molecule has 0 saturated carbocycles. The van der Waals surface area contributed by atoms with Crippen LogP contribution in [0, 0.1) is 28.6 Å². The van der Waals surface area contributed by atoms with Crippen molar-refractivity contribution in [3.05, 3.63) is 58.3 Å². The van der Waals surface area contributed by atoms with E-state index in [0.29, 0.717) is 4.88 Å². The van der Waals surface area contributed by atoms with Gasteiger partial charge in [0.2, 0.25) is 0 Å². The normalized spacial score (nSPS) is 11.6. The van der Waals surface area contributed by atoms with E-state index in [1.165, 1.54) is 11.3 Å². The zero-order valence-electron chi connectivity index (χ0n) is 10.7. The van der Waals surface area contributed by atoms with Crippen LogP contribution in [-0.4, -0.2) is 5.78 Å². The number of ketones is 1. The second-order valence-electron chi connectivity index (χ2n) is 4.36. The maximum absolute atomic E-state index is 12.2. The van der Waals surface area contributed by atoms with Crippen molar-refractivity contribution >= 4 is 17.1 Å². The molecule has 0 radical (unpaired) electrons. The number of Topliss-reactive ketones (excluding diaryl/α,β-unsaturated/α-hetero) is 1. The lowest BCUT2D eigenvalue weighted by Crippen LogP contribution is -2.14. The number of hydrogen-bond acceptors (Lipinski definition) is 4. The molecule has 0 aliphatic rings. The molecule has 0 saturated heterocycles. The van der Waals surface area contributed by atoms with E-state index in [1.54, 1.807) is 6.07 Å². The third-order valence-corrected chi connectivity index (χ3v) is 4.02. The summed E-state index contributed by atoms with van der Waals surface area (Å²) in [4.78, 5) is 12.9. The van der Waals surface area contributed by atoms with Crippen LogP contribution in [0.25, 0.3) is 0 Å². The summed E-state index contributed by atoms with van der Waals surface area (Å²) in [7, 11) is 0. The molecule has 0 bridgehead atoms. The molecule has 1 aromatic heterocycles. The van der Waals surface area contributed by atoms with Crippen molar-refractivity contribution in [2.24, 2.45) is 5.92 Å². The van der Waals surface area contributed by atoms with Gasteiger partial charge in [0.15, 0.2) is 5.78 Å². The number of benzene rings is 1. The van der Waals surface area contributed by atoms with Crippen molar-refractivity contribution < 1.29 is 4.79 Å². The van der Waals surface area contributed by atoms with Gasteiger partial charge in [-0.05, 0) is 17.0 Å². The van der Waals surface area contributed by atoms with Crippen molar-refractivity contribution in [3.8, 4) is 12.1 Å². The fourth-order valence-corrected chi connectivity index (χ4v) is 2.75. The Hall–Kier alpha value is -2.43. The zero-order chi connectivity index (χ0) is 14.4. The Balaban J connectivity index is 2.27. The van der Waals surface area contributed by atoms with Gasteiger partial charge in [-0.1, -0.05) is 36.4 Å². The number of nitrogens with zero attached hydrogens (tertiary/aromatic N) is 2. The number of rotatable bonds is 5. The predicted octanol–water partition coefficient (Wildman–Crippen LogP) is 3.77. The second kappa shape index (κ2) is 6.65. The van der Waals surface area contributed by atoms with Crippen LogP contribution in [-0.2, 0) is 0 Å². The lowest BCUT2D eigenvalue weighted by Gasteiger charge is -2.16. The van der Waals surface area contributed by atoms with Crippen LogP contribution in [0.5, 0.6) is 0 Å². The van der Waals surface area contributed by atoms with Gasteiger partial charge < -0.3 is 0 Å². The van der Waals surface area contributed by atoms with Crippen molar-refractivity contribution in [1.29, 1.82) is 10.5 Å². The maximum atomic E-state index is 12.2. The Morgan fingerprint density at radius 1 is 1.10 bits per heavy atom. The molecule has 98 valence electrons. The van der Waals surface area contributed by atoms with Crippen LogP contribution >= 0.6 is 11.3 Å². The number of nitriles is 2. The van der Waals surface area contributed by atoms with E-state index in [0.717, 1.165) is 5.56 Å². The minimum Gasteiger partial charge on any atom is -0.293 e. The smallest absolute Gasteiger partial charge is 0.173 e. The standard InChI is InChI=1S/C16H12N2OS/c17-10-13(11-18)14(12-5-2-1-3-6-12)9-15(19)16-7-4-8-20-16/h1-8,13-14H,9H2/t14-/m0/s1. The summed E-state index contributed by atoms with van der Waals surface area (Å²) in [6.45, 7) is 0. The monoisotopic (exact) mass is 280 g/mol. The molecule has 1 heterocycles. The zero-order valence-corrected chi connectivity index (χ0v) is 11.5. The lowest BCUT2D eigenvalue weighted by molar-refractivity contribution is 0.0975. The van der Waals surface area contributed by atoms with E-state index in [2.05, 4.69) is 0 Å². The lowest BCUT2D eigenvalue weighted by atomic mass is 9.83. The first kappa shape index (κ1) is 14.0. The highest BCUT2D eigenvalue weighted by Crippen LogP contribution is 2.29. The first-order valence-corrected chi connectivity index (χ1v) is 7.05. The SMILES string of the molecule is N#CC(C#N)[C@@H](CC(=O)c1cccs1)c1ccccc1. The van der Waals surface area contributed by atoms with Gasteiger partial charge in [-0.25, -0.2) is 0 Å². The molecule has 20 heavy (non-hydrogen) atoms. The first-order chi connectivity index (χ1) is 9.76. The fraction of sp³-hybridized carbons (Fsp3) is 0.188. The summed E-state index contributed by atoms with van der Waals surface area (Å²) >= 11 is 1.38. The summed E-state index contributed by atoms with van der Waals surface area (Å²) in [5, 5.41) is 20.1. The topological polar surface area (TPSA) is 64.7 Å². The Morgan fingerprint density at radius 2 is 1.80 bits per heavy atom. The van der Waals surface area contributed by atoms with Crippen LogP contribution in [0.1, 0.15) is 27.6 Å². The average Bonchev–Trinajstić information content (AvgIpc) is 3.02. The summed E-state index contributed by atoms with van der Waals surface area (Å²) < 4.78 is 0. The van der Waals surface area contributed by atoms with Crippen LogP contribution in [0.4, 0.5) is 0 Å². The number of carbonyl (C=O) groups is 1. The molecule has 0 spiro atoms. The fourth-order valence-electron chi connectivity index (χ4n) is 2.07. The first-order valence-electron chi connectivity index (χ1n) is 6.17. The summed E-state index contributed by atoms with van der Waals surface area (Å²) in [5.41, 5.74) is 0.852. The third kappa shape index (κ3) is 3.12. The Kier molecular flexibility index (Phi) is 4.65. The minimum atomic E-state index is -0.818. The number of carbonyl (C=O) groups excluding carboxylic acids is 1. The van der Waals surface area contributed by atoms with Gasteiger partial charge >= 0.3 is 0 Å². The van der Waals surface area contributed by atoms with Gasteiger partial charge in [-0.15, -0.1) is 11.3 Å². The quantitative estimate of drug-likeness (QED) is 0.783. The molecule has 1 aromatic carbocycles. The molecule has 0 aliphatic heterocycles. The van der Waals surface area contributed by atoms with Crippen molar-refractivity contribution in [2.45, 2.75) is 12.3 Å². The molecule has 2 rings (SSSR count). The number of thiophene rings is 1. The largest absolute Gasteiger partial charge is 0.293 e. The van der Waals surface area contributed by atoms with Crippen LogP contribution < -0.4 is 0 Å². The second-order valence-corrected chi connectivity index (χ2v) is 5.31. The molecule has 4 heteroatoms. The van der Waals surface area contributed by atoms with Crippen LogP contribution in [0.2, 0.25) is 0 Å². The molecule has 0 unspecified atom stereocenters. The van der Waals surface area contributed by atoms with Crippen molar-refractivity contribution in [1.82, 2.24) is 0 Å². The highest BCUT2D eigenvalue weighted by atomic mass is 32.1. The van der Waals surface area contributed by atoms with Crippen LogP contribution in [0.15, 0.2) is 47.8 Å². The Bertz CT molecular complexity index is 636. The van der Waals surface area contributed by atoms with E-state index in [-0.39, 0.29) is 18.1 Å². The molecule has 1 atom stereocenters. The van der Waals surface area contributed by atoms with E-state index in [9.17, 15) is 4.79 Å². The van der Waals surface area contributed by atoms with E-state index in [1.807, 2.05) is 53.9 Å². The maximum Gasteiger partial charge on any atom is 0.173 e. The highest BCUT2D eigenvalue weighted by Gasteiger charge is 2.26. The Labute approximate surface area is 121 Å². The van der Waals surface area contributed by atoms with E-state index < -0.39 is 5.92 Å². The molecule has 2 aromatic rings. The van der Waals surface area contributed by atoms with Crippen molar-refractivity contribution in [3.63, 3.8) is 0 Å². The Morgan fingerprint density at radius 3 is 2.35 bits per heavy atom. The molecule has 0 aliphatic carbocycles. The van der Waals surface area contributed by atoms with Gasteiger partial charge in [0.05, 0.1) is 17.0 Å². The minimum absolute atomic E-state index is 0.0237. The average molecular weight is 280 g/mol. The molecule has 0 fully saturated rings. The summed E-state index contributed by atoms with van der Waals surface area (Å²) in [5.74, 6) is -1.23. The number of hydrogen-bond donors (Lipinski definition) is 0. The molecule has 3 nitrogen and oxygen atoms in total. The van der Waals surface area contributed by atoms with Crippen molar-refractivity contribution in [2.75, 3.05) is 0 Å². The van der Waals surface area contributed by atoms with E-state index in [4.69, 9.17) is 10.5 Å². The van der Waals surface area contributed by atoms with Gasteiger partial charge in [0.25, 0.3) is 0 Å². The molecule has 0 N–H and O–H groups in total. The highest BCUT2D eigenvalue weighted by molar-refractivity contribution is 7.12. The van der Waals surface area contributed by atoms with Crippen LogP contribution in [0.3, 0.4) is 0 Å². The van der Waals surface area contributed by atoms with E-state index >= 15 is 0 Å². The predicted molar refractivity (Wildman–Crippen MR) is 77.2 cm³/mol. The van der Waals surface area contributed by atoms with Gasteiger partial charge in [0.1, 0.15) is 5.92 Å². The summed E-state index contributed by atoms with van der Waals surface area (Å²) in [6.07, 6.45) is 0.177. The van der Waals surface area contributed by atoms with Gasteiger partial charge in [-0.2, -0.15) is 10.5 Å². The molecular weight excluding hydrogens is 268 g/mol. The van der Waals surface area contributed by atoms with Gasteiger partial charge in [-0.3, -0.25) is 4.79 Å². The van der Waals surface area contributed by atoms with Gasteiger partial charge in [0, 0.05) is 12.3 Å². The molecule has 0 amide bonds.